The van der Waals surface area contributed by atoms with Crippen LogP contribution < -0.4 is 10.5 Å². The van der Waals surface area contributed by atoms with Crippen LogP contribution in [0.5, 0.6) is 0 Å². The summed E-state index contributed by atoms with van der Waals surface area (Å²) in [4.78, 5) is 20.9. The maximum Gasteiger partial charge on any atom is 0.416 e. The zero-order chi connectivity index (χ0) is 30.1. The third-order valence-corrected chi connectivity index (χ3v) is 8.24. The number of fused-ring (bicyclic) bond motifs is 1. The molecule has 0 unspecified atom stereocenters. The Bertz CT molecular complexity index is 1790. The lowest BCUT2D eigenvalue weighted by Gasteiger charge is -2.39. The highest BCUT2D eigenvalue weighted by Gasteiger charge is 2.34. The van der Waals surface area contributed by atoms with Gasteiger partial charge in [0, 0.05) is 49.4 Å². The number of alkyl halides is 3. The maximum atomic E-state index is 13.7. The summed E-state index contributed by atoms with van der Waals surface area (Å²) in [6.07, 6.45) is -3.70. The molecule has 1 aliphatic heterocycles. The van der Waals surface area contributed by atoms with Gasteiger partial charge in [-0.3, -0.25) is 9.69 Å². The number of H-pyrrole nitrogens is 1. The molecule has 1 fully saturated rings. The standard InChI is InChI=1S/C32H32F3N7O/c1-21-11-12-22(2)28-26(21)20-27(31(43)36-28)29(30-37-38-39-42(30)14-13-23-7-4-3-5-8-23)41-17-15-40(16-18-41)25-10-6-9-24(19-25)32(33,34)35/h3-12,19-20,29H,13-18H2,1-2H3,(H,36,43)/t29-/m0/s1. The van der Waals surface area contributed by atoms with Gasteiger partial charge >= 0.3 is 6.18 Å². The van der Waals surface area contributed by atoms with Gasteiger partial charge in [0.05, 0.1) is 11.1 Å². The van der Waals surface area contributed by atoms with Crippen LogP contribution in [0, 0.1) is 13.8 Å². The monoisotopic (exact) mass is 587 g/mol. The molecule has 43 heavy (non-hydrogen) atoms. The number of piperazine rings is 1. The van der Waals surface area contributed by atoms with Crippen molar-refractivity contribution < 1.29 is 13.2 Å². The molecule has 1 atom stereocenters. The largest absolute Gasteiger partial charge is 0.416 e. The van der Waals surface area contributed by atoms with Crippen LogP contribution in [0.1, 0.15) is 39.7 Å². The molecule has 0 aliphatic carbocycles. The molecule has 6 rings (SSSR count). The summed E-state index contributed by atoms with van der Waals surface area (Å²) in [5.74, 6) is 0.554. The number of nitrogens with zero attached hydrogens (tertiary/aromatic N) is 6. The van der Waals surface area contributed by atoms with Gasteiger partial charge in [0.25, 0.3) is 5.56 Å². The van der Waals surface area contributed by atoms with Crippen molar-refractivity contribution in [3.05, 3.63) is 117 Å². The minimum Gasteiger partial charge on any atom is -0.369 e. The molecule has 0 saturated carbocycles. The van der Waals surface area contributed by atoms with E-state index in [9.17, 15) is 18.0 Å². The number of aromatic amines is 1. The Morgan fingerprint density at radius 3 is 2.40 bits per heavy atom. The van der Waals surface area contributed by atoms with Gasteiger partial charge in [-0.2, -0.15) is 13.2 Å². The highest BCUT2D eigenvalue weighted by Crippen LogP contribution is 2.33. The fraction of sp³-hybridized carbons (Fsp3) is 0.312. The molecule has 11 heteroatoms. The van der Waals surface area contributed by atoms with Crippen LogP contribution in [0.2, 0.25) is 0 Å². The summed E-state index contributed by atoms with van der Waals surface area (Å²) < 4.78 is 41.9. The number of pyridine rings is 1. The van der Waals surface area contributed by atoms with E-state index in [1.165, 1.54) is 12.1 Å². The maximum absolute atomic E-state index is 13.7. The number of hydrogen-bond donors (Lipinski definition) is 1. The second-order valence-electron chi connectivity index (χ2n) is 11.0. The number of hydrogen-bond acceptors (Lipinski definition) is 6. The van der Waals surface area contributed by atoms with Crippen molar-refractivity contribution in [2.24, 2.45) is 0 Å². The minimum atomic E-state index is -4.41. The topological polar surface area (TPSA) is 82.9 Å². The van der Waals surface area contributed by atoms with Gasteiger partial charge in [-0.15, -0.1) is 5.10 Å². The number of anilines is 1. The molecule has 0 spiro atoms. The minimum absolute atomic E-state index is 0.218. The van der Waals surface area contributed by atoms with Crippen molar-refractivity contribution in [1.82, 2.24) is 30.1 Å². The predicted molar refractivity (Wildman–Crippen MR) is 159 cm³/mol. The molecule has 222 valence electrons. The molecule has 1 aliphatic rings. The molecule has 1 saturated heterocycles. The Hall–Kier alpha value is -4.51. The quantitative estimate of drug-likeness (QED) is 0.278. The van der Waals surface area contributed by atoms with Crippen molar-refractivity contribution in [3.8, 4) is 0 Å². The Morgan fingerprint density at radius 1 is 0.907 bits per heavy atom. The Labute approximate surface area is 246 Å². The number of nitrogens with one attached hydrogen (secondary N) is 1. The Balaban J connectivity index is 1.35. The van der Waals surface area contributed by atoms with Crippen LogP contribution in [-0.2, 0) is 19.1 Å². The van der Waals surface area contributed by atoms with Crippen molar-refractivity contribution in [2.75, 3.05) is 31.1 Å². The highest BCUT2D eigenvalue weighted by molar-refractivity contribution is 5.85. The molecule has 0 amide bonds. The molecular formula is C32H32F3N7O. The van der Waals surface area contributed by atoms with Crippen LogP contribution in [0.3, 0.4) is 0 Å². The lowest BCUT2D eigenvalue weighted by atomic mass is 9.99. The summed E-state index contributed by atoms with van der Waals surface area (Å²) >= 11 is 0. The summed E-state index contributed by atoms with van der Waals surface area (Å²) in [6.45, 7) is 6.45. The molecule has 1 N–H and O–H groups in total. The van der Waals surface area contributed by atoms with Crippen LogP contribution in [0.25, 0.3) is 10.9 Å². The second-order valence-corrected chi connectivity index (χ2v) is 11.0. The zero-order valence-electron chi connectivity index (χ0n) is 24.0. The van der Waals surface area contributed by atoms with E-state index in [1.54, 1.807) is 10.7 Å². The van der Waals surface area contributed by atoms with Crippen LogP contribution in [0.15, 0.2) is 77.6 Å². The number of aromatic nitrogens is 5. The predicted octanol–water partition coefficient (Wildman–Crippen LogP) is 5.30. The van der Waals surface area contributed by atoms with E-state index >= 15 is 0 Å². The van der Waals surface area contributed by atoms with Crippen LogP contribution in [0.4, 0.5) is 18.9 Å². The van der Waals surface area contributed by atoms with Gasteiger partial charge < -0.3 is 9.88 Å². The third kappa shape index (κ3) is 5.90. The average Bonchev–Trinajstić information content (AvgIpc) is 3.47. The SMILES string of the molecule is Cc1ccc(C)c2[nH]c(=O)c([C@@H](c3nnnn3CCc3ccccc3)N3CCN(c4cccc(C(F)(F)F)c4)CC3)cc12. The van der Waals surface area contributed by atoms with E-state index in [4.69, 9.17) is 0 Å². The van der Waals surface area contributed by atoms with E-state index in [1.807, 2.05) is 67.3 Å². The summed E-state index contributed by atoms with van der Waals surface area (Å²) in [5, 5.41) is 13.7. The number of tetrazole rings is 1. The van der Waals surface area contributed by atoms with Gasteiger partial charge in [0.2, 0.25) is 0 Å². The number of aryl methyl sites for hydroxylation is 4. The van der Waals surface area contributed by atoms with E-state index in [2.05, 4.69) is 25.4 Å². The number of benzene rings is 3. The molecule has 5 aromatic rings. The average molecular weight is 588 g/mol. The third-order valence-electron chi connectivity index (χ3n) is 8.24. The first kappa shape index (κ1) is 28.6. The zero-order valence-corrected chi connectivity index (χ0v) is 24.0. The number of halogens is 3. The van der Waals surface area contributed by atoms with Crippen molar-refractivity contribution in [1.29, 1.82) is 0 Å². The number of rotatable bonds is 7. The van der Waals surface area contributed by atoms with Crippen molar-refractivity contribution in [2.45, 2.75) is 39.0 Å². The summed E-state index contributed by atoms with van der Waals surface area (Å²) in [7, 11) is 0. The van der Waals surface area contributed by atoms with Crippen molar-refractivity contribution in [3.63, 3.8) is 0 Å². The van der Waals surface area contributed by atoms with E-state index in [0.717, 1.165) is 33.7 Å². The fourth-order valence-corrected chi connectivity index (χ4v) is 5.86. The summed E-state index contributed by atoms with van der Waals surface area (Å²) in [6, 6.07) is 20.9. The van der Waals surface area contributed by atoms with Gasteiger partial charge in [0.15, 0.2) is 5.82 Å². The Morgan fingerprint density at radius 2 is 1.65 bits per heavy atom. The van der Waals surface area contributed by atoms with Crippen LogP contribution in [-0.4, -0.2) is 56.3 Å². The lowest BCUT2D eigenvalue weighted by molar-refractivity contribution is -0.137. The first-order valence-corrected chi connectivity index (χ1v) is 14.3. The molecule has 8 nitrogen and oxygen atoms in total. The molecule has 0 radical (unpaired) electrons. The molecule has 3 heterocycles. The van der Waals surface area contributed by atoms with E-state index in [0.29, 0.717) is 56.2 Å². The molecular weight excluding hydrogens is 555 g/mol. The highest BCUT2D eigenvalue weighted by atomic mass is 19.4. The van der Waals surface area contributed by atoms with Gasteiger partial charge in [0.1, 0.15) is 6.04 Å². The molecule has 2 aromatic heterocycles. The first-order valence-electron chi connectivity index (χ1n) is 14.3. The fourth-order valence-electron chi connectivity index (χ4n) is 5.86. The molecule has 0 bridgehead atoms. The van der Waals surface area contributed by atoms with E-state index in [-0.39, 0.29) is 5.56 Å². The molecule has 3 aromatic carbocycles. The second kappa shape index (κ2) is 11.6. The smallest absolute Gasteiger partial charge is 0.369 e. The van der Waals surface area contributed by atoms with Gasteiger partial charge in [-0.25, -0.2) is 4.68 Å². The van der Waals surface area contributed by atoms with Gasteiger partial charge in [-0.1, -0.05) is 48.5 Å². The summed E-state index contributed by atoms with van der Waals surface area (Å²) in [5.41, 5.74) is 4.12. The lowest BCUT2D eigenvalue weighted by Crippen LogP contribution is -2.49. The van der Waals surface area contributed by atoms with Crippen molar-refractivity contribution >= 4 is 16.6 Å². The Kier molecular flexibility index (Phi) is 7.74. The van der Waals surface area contributed by atoms with Gasteiger partial charge in [-0.05, 0) is 71.7 Å². The van der Waals surface area contributed by atoms with Crippen LogP contribution >= 0.6 is 0 Å². The first-order chi connectivity index (χ1) is 20.7. The normalized spacial score (nSPS) is 15.2. The van der Waals surface area contributed by atoms with E-state index < -0.39 is 17.8 Å².